The van der Waals surface area contributed by atoms with Gasteiger partial charge in [0.1, 0.15) is 0 Å². The second-order valence-electron chi connectivity index (χ2n) is 8.44. The molecule has 0 radical (unpaired) electrons. The van der Waals surface area contributed by atoms with E-state index in [1.807, 2.05) is 18.8 Å². The lowest BCUT2D eigenvalue weighted by atomic mass is 9.74. The number of piperidine rings is 1. The van der Waals surface area contributed by atoms with Gasteiger partial charge in [0.15, 0.2) is 5.96 Å². The number of nitrogens with one attached hydrogen (secondary N) is 1. The van der Waals surface area contributed by atoms with Crippen LogP contribution in [0.25, 0.3) is 0 Å². The molecule has 1 spiro atoms. The van der Waals surface area contributed by atoms with Crippen LogP contribution in [0.4, 0.5) is 0 Å². The minimum absolute atomic E-state index is 0. The fourth-order valence-electron chi connectivity index (χ4n) is 5.09. The van der Waals surface area contributed by atoms with Gasteiger partial charge in [0, 0.05) is 39.4 Å². The number of hydrogen-bond acceptors (Lipinski definition) is 2. The fraction of sp³-hybridized carbons (Fsp3) is 0.810. The SMILES string of the molecule is CN=C(NCCc1c(C)nn(C)c1C)N1CCCC2(CCCCCC2)C1.I. The standard InChI is InChI=1S/C21H37N5.HI/c1-17-19(18(2)25(4)24-17)10-14-23-20(22-3)26-15-9-13-21(16-26)11-7-5-6-8-12-21;/h5-16H2,1-4H3,(H,22,23);1H. The lowest BCUT2D eigenvalue weighted by Gasteiger charge is -2.44. The summed E-state index contributed by atoms with van der Waals surface area (Å²) in [6.07, 6.45) is 12.2. The van der Waals surface area contributed by atoms with Crippen LogP contribution in [0.3, 0.4) is 0 Å². The van der Waals surface area contributed by atoms with Crippen molar-refractivity contribution in [2.75, 3.05) is 26.7 Å². The number of hydrogen-bond donors (Lipinski definition) is 1. The van der Waals surface area contributed by atoms with Crippen LogP contribution in [-0.2, 0) is 13.5 Å². The number of guanidine groups is 1. The van der Waals surface area contributed by atoms with E-state index in [4.69, 9.17) is 0 Å². The number of aromatic nitrogens is 2. The van der Waals surface area contributed by atoms with Crippen molar-refractivity contribution in [2.24, 2.45) is 17.5 Å². The average molecular weight is 487 g/mol. The van der Waals surface area contributed by atoms with E-state index in [0.29, 0.717) is 5.41 Å². The maximum atomic E-state index is 4.61. The Hall–Kier alpha value is -0.790. The summed E-state index contributed by atoms with van der Waals surface area (Å²) in [4.78, 5) is 7.13. The van der Waals surface area contributed by atoms with Crippen LogP contribution < -0.4 is 5.32 Å². The molecule has 1 aliphatic heterocycles. The Labute approximate surface area is 182 Å². The first-order chi connectivity index (χ1) is 12.5. The van der Waals surface area contributed by atoms with E-state index in [1.165, 1.54) is 69.2 Å². The normalized spacial score (nSPS) is 20.3. The second kappa shape index (κ2) is 10.1. The van der Waals surface area contributed by atoms with Crippen LogP contribution >= 0.6 is 24.0 Å². The summed E-state index contributed by atoms with van der Waals surface area (Å²) >= 11 is 0. The van der Waals surface area contributed by atoms with E-state index in [9.17, 15) is 0 Å². The number of aryl methyl sites for hydroxylation is 2. The van der Waals surface area contributed by atoms with Gasteiger partial charge < -0.3 is 10.2 Å². The van der Waals surface area contributed by atoms with Crippen LogP contribution in [0, 0.1) is 19.3 Å². The summed E-state index contributed by atoms with van der Waals surface area (Å²) in [5.74, 6) is 1.09. The van der Waals surface area contributed by atoms with Gasteiger partial charge in [0.05, 0.1) is 5.69 Å². The molecule has 154 valence electrons. The zero-order valence-corrected chi connectivity index (χ0v) is 20.0. The van der Waals surface area contributed by atoms with Crippen molar-refractivity contribution < 1.29 is 0 Å². The molecule has 1 aromatic rings. The van der Waals surface area contributed by atoms with Gasteiger partial charge in [-0.05, 0) is 56.9 Å². The first-order valence-electron chi connectivity index (χ1n) is 10.5. The quantitative estimate of drug-likeness (QED) is 0.395. The van der Waals surface area contributed by atoms with Gasteiger partial charge in [-0.3, -0.25) is 9.67 Å². The first-order valence-corrected chi connectivity index (χ1v) is 10.5. The number of likely N-dealkylation sites (tertiary alicyclic amines) is 1. The topological polar surface area (TPSA) is 45.5 Å². The highest BCUT2D eigenvalue weighted by atomic mass is 127. The Morgan fingerprint density at radius 1 is 1.11 bits per heavy atom. The van der Waals surface area contributed by atoms with E-state index in [1.54, 1.807) is 0 Å². The van der Waals surface area contributed by atoms with Crippen molar-refractivity contribution in [3.05, 3.63) is 17.0 Å². The van der Waals surface area contributed by atoms with Crippen molar-refractivity contribution in [2.45, 2.75) is 71.6 Å². The van der Waals surface area contributed by atoms with Crippen LogP contribution in [-0.4, -0.2) is 47.3 Å². The fourth-order valence-corrected chi connectivity index (χ4v) is 5.09. The summed E-state index contributed by atoms with van der Waals surface area (Å²) in [6, 6.07) is 0. The highest BCUT2D eigenvalue weighted by Crippen LogP contribution is 2.42. The molecule has 1 aliphatic carbocycles. The third-order valence-corrected chi connectivity index (χ3v) is 6.65. The van der Waals surface area contributed by atoms with Gasteiger partial charge in [-0.25, -0.2) is 0 Å². The van der Waals surface area contributed by atoms with E-state index >= 15 is 0 Å². The van der Waals surface area contributed by atoms with E-state index in [-0.39, 0.29) is 24.0 Å². The molecule has 5 nitrogen and oxygen atoms in total. The molecule has 2 fully saturated rings. The Kier molecular flexibility index (Phi) is 8.43. The molecule has 0 atom stereocenters. The average Bonchev–Trinajstić information content (AvgIpc) is 2.79. The lowest BCUT2D eigenvalue weighted by molar-refractivity contribution is 0.115. The maximum Gasteiger partial charge on any atom is 0.193 e. The number of rotatable bonds is 3. The highest BCUT2D eigenvalue weighted by molar-refractivity contribution is 14.0. The molecular weight excluding hydrogens is 449 g/mol. The third kappa shape index (κ3) is 5.39. The predicted molar refractivity (Wildman–Crippen MR) is 124 cm³/mol. The second-order valence-corrected chi connectivity index (χ2v) is 8.44. The molecule has 2 aliphatic rings. The van der Waals surface area contributed by atoms with Gasteiger partial charge in [0.2, 0.25) is 0 Å². The maximum absolute atomic E-state index is 4.61. The summed E-state index contributed by atoms with van der Waals surface area (Å²) in [7, 11) is 3.95. The molecule has 0 unspecified atom stereocenters. The van der Waals surface area contributed by atoms with E-state index in [2.05, 4.69) is 34.2 Å². The van der Waals surface area contributed by atoms with Gasteiger partial charge in [0.25, 0.3) is 0 Å². The van der Waals surface area contributed by atoms with Crippen molar-refractivity contribution in [1.82, 2.24) is 20.0 Å². The molecule has 0 aromatic carbocycles. The van der Waals surface area contributed by atoms with Crippen molar-refractivity contribution in [1.29, 1.82) is 0 Å². The Balaban J connectivity index is 0.00000261. The molecule has 27 heavy (non-hydrogen) atoms. The smallest absolute Gasteiger partial charge is 0.193 e. The minimum atomic E-state index is 0. The molecular formula is C21H38IN5. The van der Waals surface area contributed by atoms with Gasteiger partial charge >= 0.3 is 0 Å². The Morgan fingerprint density at radius 3 is 2.37 bits per heavy atom. The summed E-state index contributed by atoms with van der Waals surface area (Å²) in [5.41, 5.74) is 4.34. The number of aliphatic imine (C=N–C) groups is 1. The molecule has 3 rings (SSSR count). The van der Waals surface area contributed by atoms with Crippen molar-refractivity contribution >= 4 is 29.9 Å². The zero-order valence-electron chi connectivity index (χ0n) is 17.7. The van der Waals surface area contributed by atoms with Gasteiger partial charge in [-0.2, -0.15) is 5.10 Å². The number of nitrogens with zero attached hydrogens (tertiary/aromatic N) is 4. The van der Waals surface area contributed by atoms with Crippen LogP contribution in [0.15, 0.2) is 4.99 Å². The number of halogens is 1. The van der Waals surface area contributed by atoms with Crippen LogP contribution in [0.2, 0.25) is 0 Å². The summed E-state index contributed by atoms with van der Waals surface area (Å²) in [6.45, 7) is 7.52. The van der Waals surface area contributed by atoms with Gasteiger partial charge in [-0.1, -0.05) is 25.7 Å². The van der Waals surface area contributed by atoms with Gasteiger partial charge in [-0.15, -0.1) is 24.0 Å². The molecule has 6 heteroatoms. The molecule has 0 bridgehead atoms. The van der Waals surface area contributed by atoms with Crippen molar-refractivity contribution in [3.63, 3.8) is 0 Å². The molecule has 1 saturated carbocycles. The summed E-state index contributed by atoms with van der Waals surface area (Å²) < 4.78 is 1.99. The highest BCUT2D eigenvalue weighted by Gasteiger charge is 2.36. The largest absolute Gasteiger partial charge is 0.356 e. The molecule has 0 amide bonds. The first kappa shape index (κ1) is 22.5. The van der Waals surface area contributed by atoms with E-state index < -0.39 is 0 Å². The van der Waals surface area contributed by atoms with Crippen LogP contribution in [0.1, 0.15) is 68.3 Å². The molecule has 1 saturated heterocycles. The lowest BCUT2D eigenvalue weighted by Crippen LogP contribution is -2.50. The van der Waals surface area contributed by atoms with Crippen LogP contribution in [0.5, 0.6) is 0 Å². The predicted octanol–water partition coefficient (Wildman–Crippen LogP) is 4.21. The zero-order chi connectivity index (χ0) is 18.6. The van der Waals surface area contributed by atoms with Crippen molar-refractivity contribution in [3.8, 4) is 0 Å². The Bertz CT molecular complexity index is 629. The molecule has 1 aromatic heterocycles. The molecule has 1 N–H and O–H groups in total. The Morgan fingerprint density at radius 2 is 1.78 bits per heavy atom. The molecule has 2 heterocycles. The summed E-state index contributed by atoms with van der Waals surface area (Å²) in [5, 5.41) is 8.16. The monoisotopic (exact) mass is 487 g/mol. The third-order valence-electron chi connectivity index (χ3n) is 6.65. The minimum Gasteiger partial charge on any atom is -0.356 e. The van der Waals surface area contributed by atoms with E-state index in [0.717, 1.165) is 31.2 Å².